The Kier molecular flexibility index (Phi) is 15.2. The van der Waals surface area contributed by atoms with E-state index in [9.17, 15) is 4.79 Å². The molecule has 0 bridgehead atoms. The van der Waals surface area contributed by atoms with Crippen molar-refractivity contribution in [1.82, 2.24) is 10.2 Å². The average Bonchev–Trinajstić information content (AvgIpc) is 3.59. The van der Waals surface area contributed by atoms with Crippen molar-refractivity contribution in [2.24, 2.45) is 0 Å². The van der Waals surface area contributed by atoms with Crippen LogP contribution in [0.4, 0.5) is 0 Å². The molecule has 2 spiro atoms. The zero-order valence-electron chi connectivity index (χ0n) is 22.4. The van der Waals surface area contributed by atoms with Crippen molar-refractivity contribution >= 4 is 11.8 Å². The first-order chi connectivity index (χ1) is 17.9. The molecule has 0 unspecified atom stereocenters. The van der Waals surface area contributed by atoms with E-state index >= 15 is 0 Å². The van der Waals surface area contributed by atoms with Crippen LogP contribution < -0.4 is 5.32 Å². The fourth-order valence-corrected chi connectivity index (χ4v) is 5.35. The molecular weight excluding hydrogens is 496 g/mol. The van der Waals surface area contributed by atoms with Crippen molar-refractivity contribution in [1.29, 1.82) is 0 Å². The monoisotopic (exact) mass is 546 g/mol. The Labute approximate surface area is 227 Å². The van der Waals surface area contributed by atoms with Gasteiger partial charge in [-0.3, -0.25) is 14.5 Å². The molecular formula is C27H50N2O9. The minimum absolute atomic E-state index is 0. The van der Waals surface area contributed by atoms with Crippen LogP contribution >= 0.6 is 0 Å². The van der Waals surface area contributed by atoms with Gasteiger partial charge in [0, 0.05) is 77.7 Å². The normalized spacial score (nSPS) is 26.6. The SMILES string of the molecule is C.C1CN(C2CCC3(CC2)OCCO3)CCO1.C1COCCN1.CC(=O)O.O=C1CCC2(CC1)OCCO2. The first-order valence-corrected chi connectivity index (χ1v) is 13.8. The number of carbonyl (C=O) groups excluding carboxylic acids is 1. The van der Waals surface area contributed by atoms with Crippen LogP contribution in [0.5, 0.6) is 0 Å². The molecule has 0 aromatic rings. The van der Waals surface area contributed by atoms with Crippen molar-refractivity contribution < 1.29 is 43.1 Å². The van der Waals surface area contributed by atoms with E-state index in [0.717, 1.165) is 104 Å². The Balaban J connectivity index is 0.000000200. The van der Waals surface area contributed by atoms with Crippen LogP contribution in [-0.4, -0.2) is 118 Å². The number of rotatable bonds is 1. The molecule has 222 valence electrons. The Bertz CT molecular complexity index is 634. The predicted octanol–water partition coefficient (Wildman–Crippen LogP) is 2.21. The van der Waals surface area contributed by atoms with E-state index in [2.05, 4.69) is 10.2 Å². The molecule has 0 aromatic carbocycles. The van der Waals surface area contributed by atoms with Gasteiger partial charge in [0.15, 0.2) is 11.6 Å². The molecule has 4 heterocycles. The minimum atomic E-state index is -0.833. The largest absolute Gasteiger partial charge is 0.481 e. The first kappa shape index (κ1) is 33.0. The van der Waals surface area contributed by atoms with Gasteiger partial charge >= 0.3 is 0 Å². The summed E-state index contributed by atoms with van der Waals surface area (Å²) in [5, 5.41) is 10.6. The molecule has 4 saturated heterocycles. The van der Waals surface area contributed by atoms with Crippen LogP contribution in [0.15, 0.2) is 0 Å². The number of hydrogen-bond donors (Lipinski definition) is 2. The van der Waals surface area contributed by atoms with Crippen LogP contribution in [0, 0.1) is 0 Å². The van der Waals surface area contributed by atoms with E-state index in [0.29, 0.717) is 31.8 Å². The van der Waals surface area contributed by atoms with Crippen LogP contribution in [0.25, 0.3) is 0 Å². The fourth-order valence-electron chi connectivity index (χ4n) is 5.35. The van der Waals surface area contributed by atoms with Crippen molar-refractivity contribution in [3.63, 3.8) is 0 Å². The van der Waals surface area contributed by atoms with E-state index in [1.165, 1.54) is 12.8 Å². The van der Waals surface area contributed by atoms with E-state index < -0.39 is 5.97 Å². The molecule has 4 aliphatic heterocycles. The number of carboxylic acids is 1. The highest BCUT2D eigenvalue weighted by molar-refractivity contribution is 5.79. The number of nitrogens with one attached hydrogen (secondary N) is 1. The molecule has 0 atom stereocenters. The molecule has 2 N–H and O–H groups in total. The van der Waals surface area contributed by atoms with Crippen LogP contribution in [0.1, 0.15) is 65.7 Å². The number of ether oxygens (including phenoxy) is 6. The number of aliphatic carboxylic acids is 1. The van der Waals surface area contributed by atoms with E-state index in [1.54, 1.807) is 0 Å². The van der Waals surface area contributed by atoms with E-state index in [4.69, 9.17) is 38.3 Å². The second-order valence-corrected chi connectivity index (χ2v) is 10.0. The number of carbonyl (C=O) groups is 2. The Morgan fingerprint density at radius 1 is 0.789 bits per heavy atom. The molecule has 6 aliphatic rings. The maximum Gasteiger partial charge on any atom is 0.300 e. The highest BCUT2D eigenvalue weighted by Crippen LogP contribution is 2.37. The lowest BCUT2D eigenvalue weighted by atomic mass is 9.89. The summed E-state index contributed by atoms with van der Waals surface area (Å²) in [4.78, 5) is 22.5. The summed E-state index contributed by atoms with van der Waals surface area (Å²) in [6.07, 6.45) is 7.31. The maximum atomic E-state index is 10.9. The number of hydrogen-bond acceptors (Lipinski definition) is 10. The maximum absolute atomic E-state index is 10.9. The number of ketones is 1. The van der Waals surface area contributed by atoms with Crippen LogP contribution in [0.2, 0.25) is 0 Å². The zero-order chi connectivity index (χ0) is 26.4. The van der Waals surface area contributed by atoms with Crippen LogP contribution in [-0.2, 0) is 38.0 Å². The fraction of sp³-hybridized carbons (Fsp3) is 0.926. The van der Waals surface area contributed by atoms with Crippen LogP contribution in [0.3, 0.4) is 0 Å². The van der Waals surface area contributed by atoms with Gasteiger partial charge in [-0.25, -0.2) is 0 Å². The topological polar surface area (TPSA) is 125 Å². The van der Waals surface area contributed by atoms with E-state index in [-0.39, 0.29) is 19.0 Å². The van der Waals surface area contributed by atoms with Gasteiger partial charge in [0.05, 0.1) is 52.9 Å². The summed E-state index contributed by atoms with van der Waals surface area (Å²) in [6, 6.07) is 0.724. The molecule has 2 aliphatic carbocycles. The number of Topliss-reactive ketones (excluding diaryl/α,β-unsaturated/α-hetero) is 1. The van der Waals surface area contributed by atoms with Gasteiger partial charge in [-0.1, -0.05) is 7.43 Å². The minimum Gasteiger partial charge on any atom is -0.481 e. The summed E-state index contributed by atoms with van der Waals surface area (Å²) in [5.41, 5.74) is 0. The lowest BCUT2D eigenvalue weighted by Gasteiger charge is -2.41. The predicted molar refractivity (Wildman–Crippen MR) is 141 cm³/mol. The number of carboxylic acid groups (broad SMARTS) is 1. The smallest absolute Gasteiger partial charge is 0.300 e. The number of nitrogens with zero attached hydrogens (tertiary/aromatic N) is 1. The third-order valence-corrected chi connectivity index (χ3v) is 7.32. The van der Waals surface area contributed by atoms with Crippen molar-refractivity contribution in [3.05, 3.63) is 0 Å². The standard InChI is InChI=1S/C12H21NO3.C8H12O3.C4H9NO.C2H4O2.CH4/c1-3-12(15-9-10-16-12)4-2-11(1)13-5-7-14-8-6-13;9-7-1-3-8(4-2-7)10-5-6-11-8;1-3-6-4-2-5-1;1-2(3)4;/h11H,1-10H2;1-6H2;5H,1-4H2;1H3,(H,3,4);1H4. The molecule has 2 saturated carbocycles. The van der Waals surface area contributed by atoms with Gasteiger partial charge in [0.25, 0.3) is 5.97 Å². The van der Waals surface area contributed by atoms with Gasteiger partial charge in [-0.2, -0.15) is 0 Å². The highest BCUT2D eigenvalue weighted by Gasteiger charge is 2.42. The average molecular weight is 547 g/mol. The Morgan fingerprint density at radius 3 is 1.61 bits per heavy atom. The van der Waals surface area contributed by atoms with Gasteiger partial charge in [0.2, 0.25) is 0 Å². The highest BCUT2D eigenvalue weighted by atomic mass is 16.7. The molecule has 0 amide bonds. The Morgan fingerprint density at radius 2 is 1.21 bits per heavy atom. The van der Waals surface area contributed by atoms with Gasteiger partial charge < -0.3 is 38.8 Å². The summed E-state index contributed by atoms with van der Waals surface area (Å²) in [7, 11) is 0. The van der Waals surface area contributed by atoms with Crippen molar-refractivity contribution in [2.75, 3.05) is 79.0 Å². The second-order valence-electron chi connectivity index (χ2n) is 10.0. The molecule has 11 nitrogen and oxygen atoms in total. The second kappa shape index (κ2) is 17.5. The van der Waals surface area contributed by atoms with Gasteiger partial charge in [0.1, 0.15) is 5.78 Å². The third kappa shape index (κ3) is 11.5. The van der Waals surface area contributed by atoms with Gasteiger partial charge in [-0.15, -0.1) is 0 Å². The number of morpholine rings is 2. The summed E-state index contributed by atoms with van der Waals surface area (Å²) in [5.74, 6) is -1.06. The lowest BCUT2D eigenvalue weighted by molar-refractivity contribution is -0.185. The van der Waals surface area contributed by atoms with Crippen molar-refractivity contribution in [2.45, 2.75) is 83.3 Å². The molecule has 0 radical (unpaired) electrons. The summed E-state index contributed by atoms with van der Waals surface area (Å²) >= 11 is 0. The third-order valence-electron chi connectivity index (χ3n) is 7.32. The zero-order valence-corrected chi connectivity index (χ0v) is 22.4. The van der Waals surface area contributed by atoms with Gasteiger partial charge in [-0.05, 0) is 12.8 Å². The quantitative estimate of drug-likeness (QED) is 0.503. The molecule has 0 aromatic heterocycles. The van der Waals surface area contributed by atoms with Crippen molar-refractivity contribution in [3.8, 4) is 0 Å². The molecule has 6 fully saturated rings. The Hall–Kier alpha value is -1.18. The summed E-state index contributed by atoms with van der Waals surface area (Å²) < 4.78 is 32.8. The molecule has 38 heavy (non-hydrogen) atoms. The first-order valence-electron chi connectivity index (χ1n) is 13.8. The summed E-state index contributed by atoms with van der Waals surface area (Å²) in [6.45, 7) is 11.8. The molecule has 6 rings (SSSR count). The molecule has 11 heteroatoms. The lowest BCUT2D eigenvalue weighted by Crippen LogP contribution is -2.48. The van der Waals surface area contributed by atoms with E-state index in [1.807, 2.05) is 0 Å².